The first-order valence-corrected chi connectivity index (χ1v) is 11.3. The zero-order chi connectivity index (χ0) is 21.0. The molecule has 1 saturated carbocycles. The van der Waals surface area contributed by atoms with Crippen LogP contribution >= 0.6 is 12.2 Å². The summed E-state index contributed by atoms with van der Waals surface area (Å²) in [5.41, 5.74) is 9.52. The van der Waals surface area contributed by atoms with E-state index in [2.05, 4.69) is 94.9 Å². The highest BCUT2D eigenvalue weighted by Gasteiger charge is 2.17. The third-order valence-corrected chi connectivity index (χ3v) is 6.39. The minimum absolute atomic E-state index is 0.829. The van der Waals surface area contributed by atoms with Gasteiger partial charge in [-0.05, 0) is 82.7 Å². The molecule has 31 heavy (non-hydrogen) atoms. The summed E-state index contributed by atoms with van der Waals surface area (Å²) in [4.78, 5) is 4.02. The lowest BCUT2D eigenvalue weighted by Gasteiger charge is -2.25. The van der Waals surface area contributed by atoms with Gasteiger partial charge in [0, 0.05) is 17.6 Å². The molecule has 3 aromatic rings. The molecule has 0 aromatic heterocycles. The van der Waals surface area contributed by atoms with Crippen LogP contribution in [0, 0.1) is 17.8 Å². The first-order valence-electron chi connectivity index (χ1n) is 10.9. The number of hydrogen-bond donors (Lipinski definition) is 0. The Morgan fingerprint density at radius 3 is 2.35 bits per heavy atom. The largest absolute Gasteiger partial charge is 0.195 e. The molecule has 5 rings (SSSR count). The van der Waals surface area contributed by atoms with Gasteiger partial charge in [0.15, 0.2) is 0 Å². The van der Waals surface area contributed by atoms with Crippen LogP contribution in [0.1, 0.15) is 41.5 Å². The van der Waals surface area contributed by atoms with Gasteiger partial charge in [-0.25, -0.2) is 0 Å². The lowest BCUT2D eigenvalue weighted by molar-refractivity contribution is 0.314. The van der Waals surface area contributed by atoms with E-state index in [0.29, 0.717) is 0 Å². The van der Waals surface area contributed by atoms with Crippen molar-refractivity contribution in [1.29, 1.82) is 0 Å². The second-order valence-electron chi connectivity index (χ2n) is 8.46. The summed E-state index contributed by atoms with van der Waals surface area (Å²) in [6.45, 7) is 0. The predicted molar refractivity (Wildman–Crippen MR) is 133 cm³/mol. The second-order valence-corrected chi connectivity index (χ2v) is 8.64. The van der Waals surface area contributed by atoms with E-state index in [1.54, 1.807) is 0 Å². The van der Waals surface area contributed by atoms with Gasteiger partial charge in [-0.2, -0.15) is 4.99 Å². The molecule has 1 fully saturated rings. The molecule has 2 aliphatic carbocycles. The van der Waals surface area contributed by atoms with E-state index < -0.39 is 0 Å². The summed E-state index contributed by atoms with van der Waals surface area (Å²) in [5, 5.41) is 2.41. The smallest absolute Gasteiger partial charge is 0.0739 e. The quantitative estimate of drug-likeness (QED) is 0.244. The highest BCUT2D eigenvalue weighted by atomic mass is 32.1. The van der Waals surface area contributed by atoms with Gasteiger partial charge < -0.3 is 0 Å². The molecule has 0 unspecified atom stereocenters. The van der Waals surface area contributed by atoms with Crippen molar-refractivity contribution in [3.8, 4) is 23.0 Å². The molecule has 0 saturated heterocycles. The molecular formula is C29H23NS. The molecule has 3 aromatic carbocycles. The standard InChI is InChI=1S/C29H23NS/c31-20-30-29-14-12-25(13-15-29)27-11-10-26-17-24(18-28(26)19-27)9-6-21-4-7-23(8-5-21)16-22-2-1-3-22/h4-5,7-8,10-15,17,19,22H,1-3,16,18H2. The molecule has 0 amide bonds. The maximum Gasteiger partial charge on any atom is 0.0739 e. The van der Waals surface area contributed by atoms with Gasteiger partial charge in [-0.3, -0.25) is 0 Å². The lowest BCUT2D eigenvalue weighted by Crippen LogP contribution is -2.13. The van der Waals surface area contributed by atoms with E-state index in [9.17, 15) is 0 Å². The molecule has 0 bridgehead atoms. The van der Waals surface area contributed by atoms with Crippen LogP contribution in [0.3, 0.4) is 0 Å². The predicted octanol–water partition coefficient (Wildman–Crippen LogP) is 7.42. The third-order valence-electron chi connectivity index (χ3n) is 6.30. The minimum atomic E-state index is 0.829. The molecular weight excluding hydrogens is 394 g/mol. The van der Waals surface area contributed by atoms with Crippen molar-refractivity contribution in [2.45, 2.75) is 32.1 Å². The lowest BCUT2D eigenvalue weighted by atomic mass is 9.81. The SMILES string of the molecule is S=C=Nc1ccc(-c2ccc3c(c2)CC(C#Cc2ccc(CC4CCC4)cc2)=C3)cc1. The van der Waals surface area contributed by atoms with Crippen molar-refractivity contribution in [1.82, 2.24) is 0 Å². The maximum absolute atomic E-state index is 4.67. The number of isothiocyanates is 1. The van der Waals surface area contributed by atoms with Crippen LogP contribution in [0.15, 0.2) is 77.3 Å². The van der Waals surface area contributed by atoms with Gasteiger partial charge in [0.1, 0.15) is 0 Å². The highest BCUT2D eigenvalue weighted by molar-refractivity contribution is 7.78. The zero-order valence-corrected chi connectivity index (χ0v) is 18.2. The molecule has 2 aliphatic rings. The number of aliphatic imine (C=N–C) groups is 1. The number of fused-ring (bicyclic) bond motifs is 1. The van der Waals surface area contributed by atoms with Crippen molar-refractivity contribution < 1.29 is 0 Å². The highest BCUT2D eigenvalue weighted by Crippen LogP contribution is 2.31. The second kappa shape index (κ2) is 8.86. The summed E-state index contributed by atoms with van der Waals surface area (Å²) in [5.74, 6) is 7.64. The van der Waals surface area contributed by atoms with E-state index in [1.165, 1.54) is 59.1 Å². The Morgan fingerprint density at radius 2 is 1.65 bits per heavy atom. The van der Waals surface area contributed by atoms with Crippen LogP contribution in [-0.2, 0) is 12.8 Å². The van der Waals surface area contributed by atoms with Crippen molar-refractivity contribution in [2.75, 3.05) is 0 Å². The third kappa shape index (κ3) is 4.59. The summed E-state index contributed by atoms with van der Waals surface area (Å²) in [6.07, 6.45) is 8.52. The Labute approximate surface area is 189 Å². The minimum Gasteiger partial charge on any atom is -0.195 e. The number of hydrogen-bond acceptors (Lipinski definition) is 2. The fourth-order valence-corrected chi connectivity index (χ4v) is 4.40. The number of benzene rings is 3. The van der Waals surface area contributed by atoms with Crippen LogP contribution in [0.25, 0.3) is 17.2 Å². The van der Waals surface area contributed by atoms with Crippen molar-refractivity contribution >= 4 is 29.1 Å². The normalized spacial score (nSPS) is 14.5. The fraction of sp³-hybridized carbons (Fsp3) is 0.207. The van der Waals surface area contributed by atoms with Gasteiger partial charge in [0.05, 0.1) is 10.8 Å². The molecule has 2 heteroatoms. The molecule has 0 atom stereocenters. The van der Waals surface area contributed by atoms with Crippen LogP contribution in [0.2, 0.25) is 0 Å². The zero-order valence-electron chi connectivity index (χ0n) is 17.4. The summed E-state index contributed by atoms with van der Waals surface area (Å²) < 4.78 is 0. The monoisotopic (exact) mass is 417 g/mol. The van der Waals surface area contributed by atoms with E-state index in [0.717, 1.165) is 23.6 Å². The Bertz CT molecular complexity index is 1240. The van der Waals surface area contributed by atoms with Crippen molar-refractivity contribution in [2.24, 2.45) is 10.9 Å². The molecule has 0 spiro atoms. The van der Waals surface area contributed by atoms with Gasteiger partial charge in [-0.1, -0.05) is 73.6 Å². The average Bonchev–Trinajstić information content (AvgIpc) is 3.19. The van der Waals surface area contributed by atoms with E-state index in [4.69, 9.17) is 0 Å². The Hall–Kier alpha value is -3.24. The molecule has 1 nitrogen and oxygen atoms in total. The van der Waals surface area contributed by atoms with Crippen LogP contribution in [-0.4, -0.2) is 5.16 Å². The number of rotatable bonds is 4. The van der Waals surface area contributed by atoms with Crippen molar-refractivity contribution in [3.63, 3.8) is 0 Å². The van der Waals surface area contributed by atoms with Gasteiger partial charge in [0.2, 0.25) is 0 Å². The topological polar surface area (TPSA) is 12.4 Å². The fourth-order valence-electron chi connectivity index (χ4n) is 4.29. The summed E-state index contributed by atoms with van der Waals surface area (Å²) in [7, 11) is 0. The Balaban J connectivity index is 1.27. The number of nitrogens with zero attached hydrogens (tertiary/aromatic N) is 1. The van der Waals surface area contributed by atoms with Gasteiger partial charge >= 0.3 is 0 Å². The molecule has 0 radical (unpaired) electrons. The van der Waals surface area contributed by atoms with E-state index in [1.807, 2.05) is 12.1 Å². The van der Waals surface area contributed by atoms with Crippen LogP contribution < -0.4 is 0 Å². The average molecular weight is 418 g/mol. The summed E-state index contributed by atoms with van der Waals surface area (Å²) in [6, 6.07) is 23.5. The van der Waals surface area contributed by atoms with Gasteiger partial charge in [0.25, 0.3) is 0 Å². The maximum atomic E-state index is 4.67. The number of allylic oxidation sites excluding steroid dienone is 1. The number of thiocarbonyl (C=S) groups is 1. The van der Waals surface area contributed by atoms with E-state index >= 15 is 0 Å². The molecule has 0 N–H and O–H groups in total. The molecule has 0 heterocycles. The van der Waals surface area contributed by atoms with Crippen molar-refractivity contribution in [3.05, 3.63) is 94.6 Å². The van der Waals surface area contributed by atoms with Gasteiger partial charge in [-0.15, -0.1) is 0 Å². The summed E-state index contributed by atoms with van der Waals surface area (Å²) >= 11 is 4.67. The van der Waals surface area contributed by atoms with Crippen LogP contribution in [0.4, 0.5) is 5.69 Å². The first-order chi connectivity index (χ1) is 15.3. The first kappa shape index (κ1) is 19.7. The van der Waals surface area contributed by atoms with Crippen LogP contribution in [0.5, 0.6) is 0 Å². The molecule has 150 valence electrons. The Morgan fingerprint density at radius 1 is 0.871 bits per heavy atom. The Kier molecular flexibility index (Phi) is 5.63. The van der Waals surface area contributed by atoms with E-state index in [-0.39, 0.29) is 0 Å². The molecule has 0 aliphatic heterocycles.